The molecule has 0 spiro atoms. The van der Waals surface area contributed by atoms with Crippen molar-refractivity contribution in [2.45, 2.75) is 20.0 Å². The first-order chi connectivity index (χ1) is 4.42. The molecule has 0 aromatic rings. The van der Waals surface area contributed by atoms with Crippen molar-refractivity contribution in [1.29, 1.82) is 0 Å². The van der Waals surface area contributed by atoms with Crippen molar-refractivity contribution in [3.05, 3.63) is 0 Å². The highest BCUT2D eigenvalue weighted by Gasteiger charge is 2.25. The monoisotopic (exact) mass is 191 g/mol. The van der Waals surface area contributed by atoms with Crippen molar-refractivity contribution < 1.29 is 13.2 Å². The second kappa shape index (κ2) is 5.66. The average Bonchev–Trinajstić information content (AvgIpc) is 1.59. The van der Waals surface area contributed by atoms with Gasteiger partial charge in [0, 0.05) is 0 Å². The second-order valence-corrected chi connectivity index (χ2v) is 2.64. The Morgan fingerprint density at radius 3 is 2.00 bits per heavy atom. The van der Waals surface area contributed by atoms with Gasteiger partial charge in [0.1, 0.15) is 0 Å². The summed E-state index contributed by atoms with van der Waals surface area (Å²) >= 11 is 0. The van der Waals surface area contributed by atoms with Crippen LogP contribution >= 0.6 is 12.4 Å². The van der Waals surface area contributed by atoms with Gasteiger partial charge in [-0.2, -0.15) is 13.2 Å². The van der Waals surface area contributed by atoms with Crippen LogP contribution in [-0.2, 0) is 0 Å². The number of hydrogen-bond donors (Lipinski definition) is 1. The third kappa shape index (κ3) is 13.1. The molecule has 0 rings (SSSR count). The summed E-state index contributed by atoms with van der Waals surface area (Å²) in [5.41, 5.74) is 0. The highest BCUT2D eigenvalue weighted by molar-refractivity contribution is 5.85. The molecule has 0 radical (unpaired) electrons. The molecular weight excluding hydrogens is 179 g/mol. The predicted molar refractivity (Wildman–Crippen MR) is 41.0 cm³/mol. The molecule has 0 aromatic carbocycles. The summed E-state index contributed by atoms with van der Waals surface area (Å²) in [7, 11) is 0. The largest absolute Gasteiger partial charge is 0.401 e. The zero-order valence-electron chi connectivity index (χ0n) is 6.53. The molecule has 0 aliphatic carbocycles. The third-order valence-electron chi connectivity index (χ3n) is 0.878. The molecule has 0 atom stereocenters. The van der Waals surface area contributed by atoms with Crippen molar-refractivity contribution in [3.63, 3.8) is 0 Å². The van der Waals surface area contributed by atoms with Crippen LogP contribution in [0.25, 0.3) is 0 Å². The van der Waals surface area contributed by atoms with E-state index < -0.39 is 12.7 Å². The lowest BCUT2D eigenvalue weighted by Crippen LogP contribution is -2.31. The Kier molecular flexibility index (Phi) is 7.01. The van der Waals surface area contributed by atoms with Gasteiger partial charge >= 0.3 is 6.18 Å². The predicted octanol–water partition coefficient (Wildman–Crippen LogP) is 2.22. The van der Waals surface area contributed by atoms with Crippen LogP contribution in [0.4, 0.5) is 13.2 Å². The first-order valence-corrected chi connectivity index (χ1v) is 3.19. The molecule has 5 heteroatoms. The lowest BCUT2D eigenvalue weighted by atomic mass is 10.2. The SMILES string of the molecule is CC(C)CNCC(F)(F)F.Cl. The van der Waals surface area contributed by atoms with Crippen LogP contribution < -0.4 is 5.32 Å². The lowest BCUT2D eigenvalue weighted by molar-refractivity contribution is -0.124. The van der Waals surface area contributed by atoms with Gasteiger partial charge < -0.3 is 5.32 Å². The van der Waals surface area contributed by atoms with Gasteiger partial charge in [-0.15, -0.1) is 12.4 Å². The second-order valence-electron chi connectivity index (χ2n) is 2.64. The summed E-state index contributed by atoms with van der Waals surface area (Å²) in [4.78, 5) is 0. The molecule has 0 amide bonds. The van der Waals surface area contributed by atoms with E-state index in [4.69, 9.17) is 0 Å². The minimum Gasteiger partial charge on any atom is -0.308 e. The van der Waals surface area contributed by atoms with Gasteiger partial charge in [0.05, 0.1) is 6.54 Å². The van der Waals surface area contributed by atoms with Crippen molar-refractivity contribution >= 4 is 12.4 Å². The number of hydrogen-bond acceptors (Lipinski definition) is 1. The van der Waals surface area contributed by atoms with E-state index in [1.165, 1.54) is 0 Å². The minimum atomic E-state index is -4.07. The van der Waals surface area contributed by atoms with Gasteiger partial charge in [-0.05, 0) is 12.5 Å². The maximum atomic E-state index is 11.4. The zero-order valence-corrected chi connectivity index (χ0v) is 7.35. The van der Waals surface area contributed by atoms with Crippen LogP contribution in [0.3, 0.4) is 0 Å². The summed E-state index contributed by atoms with van der Waals surface area (Å²) < 4.78 is 34.3. The van der Waals surface area contributed by atoms with Gasteiger partial charge in [0.2, 0.25) is 0 Å². The van der Waals surface area contributed by atoms with E-state index in [2.05, 4.69) is 5.32 Å². The van der Waals surface area contributed by atoms with E-state index in [0.29, 0.717) is 6.54 Å². The van der Waals surface area contributed by atoms with Crippen molar-refractivity contribution in [1.82, 2.24) is 5.32 Å². The smallest absolute Gasteiger partial charge is 0.308 e. The molecule has 0 bridgehead atoms. The van der Waals surface area contributed by atoms with E-state index in [1.807, 2.05) is 13.8 Å². The standard InChI is InChI=1S/C6H12F3N.ClH/c1-5(2)3-10-4-6(7,8)9;/h5,10H,3-4H2,1-2H3;1H. The van der Waals surface area contributed by atoms with E-state index in [1.54, 1.807) is 0 Å². The van der Waals surface area contributed by atoms with E-state index >= 15 is 0 Å². The Labute approximate surface area is 70.8 Å². The molecule has 0 aromatic heterocycles. The van der Waals surface area contributed by atoms with Gasteiger partial charge in [0.15, 0.2) is 0 Å². The molecule has 0 aliphatic heterocycles. The maximum absolute atomic E-state index is 11.4. The van der Waals surface area contributed by atoms with Gasteiger partial charge in [-0.1, -0.05) is 13.8 Å². The fourth-order valence-electron chi connectivity index (χ4n) is 0.503. The number of rotatable bonds is 3. The Balaban J connectivity index is 0. The molecule has 70 valence electrons. The van der Waals surface area contributed by atoms with Crippen molar-refractivity contribution in [3.8, 4) is 0 Å². The highest BCUT2D eigenvalue weighted by Crippen LogP contribution is 2.12. The highest BCUT2D eigenvalue weighted by atomic mass is 35.5. The van der Waals surface area contributed by atoms with Crippen molar-refractivity contribution in [2.75, 3.05) is 13.1 Å². The summed E-state index contributed by atoms with van der Waals surface area (Å²) in [6, 6.07) is 0. The van der Waals surface area contributed by atoms with Crippen LogP contribution in [0, 0.1) is 5.92 Å². The van der Waals surface area contributed by atoms with Gasteiger partial charge in [-0.25, -0.2) is 0 Å². The zero-order chi connectivity index (χ0) is 8.20. The number of halogens is 4. The maximum Gasteiger partial charge on any atom is 0.401 e. The first-order valence-electron chi connectivity index (χ1n) is 3.19. The van der Waals surface area contributed by atoms with E-state index in [-0.39, 0.29) is 18.3 Å². The fourth-order valence-corrected chi connectivity index (χ4v) is 0.503. The van der Waals surface area contributed by atoms with E-state index in [9.17, 15) is 13.2 Å². The van der Waals surface area contributed by atoms with Crippen LogP contribution in [-0.4, -0.2) is 19.3 Å². The molecule has 11 heavy (non-hydrogen) atoms. The van der Waals surface area contributed by atoms with Gasteiger partial charge in [-0.3, -0.25) is 0 Å². The third-order valence-corrected chi connectivity index (χ3v) is 0.878. The molecule has 0 aliphatic rings. The molecule has 1 N–H and O–H groups in total. The number of nitrogens with one attached hydrogen (secondary N) is 1. The summed E-state index contributed by atoms with van der Waals surface area (Å²) in [6.07, 6.45) is -4.07. The summed E-state index contributed by atoms with van der Waals surface area (Å²) in [5, 5.41) is 2.30. The Hall–Kier alpha value is 0.0400. The normalized spacial score (nSPS) is 11.5. The summed E-state index contributed by atoms with van der Waals surface area (Å²) in [5.74, 6) is 0.266. The quantitative estimate of drug-likeness (QED) is 0.722. The van der Waals surface area contributed by atoms with Crippen LogP contribution in [0.15, 0.2) is 0 Å². The van der Waals surface area contributed by atoms with Gasteiger partial charge in [0.25, 0.3) is 0 Å². The molecule has 0 heterocycles. The minimum absolute atomic E-state index is 0. The molecular formula is C6H13ClF3N. The van der Waals surface area contributed by atoms with Crippen LogP contribution in [0.2, 0.25) is 0 Å². The van der Waals surface area contributed by atoms with Crippen LogP contribution in [0.5, 0.6) is 0 Å². The topological polar surface area (TPSA) is 12.0 Å². The number of alkyl halides is 3. The molecule has 1 nitrogen and oxygen atoms in total. The van der Waals surface area contributed by atoms with E-state index in [0.717, 1.165) is 0 Å². The van der Waals surface area contributed by atoms with Crippen molar-refractivity contribution in [2.24, 2.45) is 5.92 Å². The Morgan fingerprint density at radius 2 is 1.73 bits per heavy atom. The molecule has 0 saturated heterocycles. The first kappa shape index (κ1) is 13.6. The summed E-state index contributed by atoms with van der Waals surface area (Å²) in [6.45, 7) is 3.26. The molecule has 0 fully saturated rings. The molecule has 0 unspecified atom stereocenters. The Morgan fingerprint density at radius 1 is 1.27 bits per heavy atom. The van der Waals surface area contributed by atoms with Crippen LogP contribution in [0.1, 0.15) is 13.8 Å². The average molecular weight is 192 g/mol. The fraction of sp³-hybridized carbons (Fsp3) is 1.00. The lowest BCUT2D eigenvalue weighted by Gasteiger charge is -2.09. The Bertz CT molecular complexity index is 92.3. The molecule has 0 saturated carbocycles.